The number of carboxylic acid groups (broad SMARTS) is 1. The third kappa shape index (κ3) is 5.70. The van der Waals surface area contributed by atoms with Gasteiger partial charge in [-0.1, -0.05) is 108 Å². The van der Waals surface area contributed by atoms with E-state index in [9.17, 15) is 14.7 Å². The highest BCUT2D eigenvalue weighted by molar-refractivity contribution is 8.26. The van der Waals surface area contributed by atoms with Gasteiger partial charge in [0.15, 0.2) is 0 Å². The first-order chi connectivity index (χ1) is 16.3. The standard InChI is InChI=1S/C26H19Cl2NO3S2/c27-20-10-9-19(13-21(20)28)12-17-7-4-8-18(11-17)15-23-24(30)29(26(33)34-23)22(25(31)32)14-16-5-2-1-3-6-16/h1-11,13,15,22H,12,14H2,(H,31,32)/b23-15-/t22-/m0/s1. The maximum Gasteiger partial charge on any atom is 0.327 e. The largest absolute Gasteiger partial charge is 0.480 e. The lowest BCUT2D eigenvalue weighted by Gasteiger charge is -2.23. The molecule has 0 bridgehead atoms. The van der Waals surface area contributed by atoms with Gasteiger partial charge in [-0.15, -0.1) is 0 Å². The number of carboxylic acids is 1. The van der Waals surface area contributed by atoms with Gasteiger partial charge in [-0.05, 0) is 46.9 Å². The zero-order chi connectivity index (χ0) is 24.2. The van der Waals surface area contributed by atoms with Gasteiger partial charge >= 0.3 is 5.97 Å². The molecule has 0 saturated carbocycles. The summed E-state index contributed by atoms with van der Waals surface area (Å²) < 4.78 is 0.242. The quantitative estimate of drug-likeness (QED) is 0.281. The summed E-state index contributed by atoms with van der Waals surface area (Å²) in [6, 6.07) is 21.4. The molecule has 0 unspecified atom stereocenters. The Labute approximate surface area is 217 Å². The molecule has 1 atom stereocenters. The molecule has 4 rings (SSSR count). The Morgan fingerprint density at radius 3 is 2.38 bits per heavy atom. The van der Waals surface area contributed by atoms with Crippen molar-refractivity contribution in [3.05, 3.63) is 110 Å². The van der Waals surface area contributed by atoms with Gasteiger partial charge in [-0.3, -0.25) is 9.69 Å². The first-order valence-corrected chi connectivity index (χ1v) is 12.4. The molecule has 1 amide bonds. The maximum absolute atomic E-state index is 13.2. The Hall–Kier alpha value is -2.64. The van der Waals surface area contributed by atoms with E-state index in [-0.39, 0.29) is 10.7 Å². The van der Waals surface area contributed by atoms with Gasteiger partial charge in [0.25, 0.3) is 5.91 Å². The molecule has 0 aromatic heterocycles. The second-order valence-corrected chi connectivity index (χ2v) is 10.3. The Morgan fingerprint density at radius 1 is 0.971 bits per heavy atom. The van der Waals surface area contributed by atoms with E-state index in [2.05, 4.69) is 0 Å². The summed E-state index contributed by atoms with van der Waals surface area (Å²) >= 11 is 18.6. The lowest BCUT2D eigenvalue weighted by atomic mass is 10.0. The van der Waals surface area contributed by atoms with Crippen LogP contribution in [0.25, 0.3) is 6.08 Å². The van der Waals surface area contributed by atoms with Crippen LogP contribution in [-0.4, -0.2) is 32.2 Å². The summed E-state index contributed by atoms with van der Waals surface area (Å²) in [7, 11) is 0. The molecular weight excluding hydrogens is 509 g/mol. The minimum Gasteiger partial charge on any atom is -0.480 e. The van der Waals surface area contributed by atoms with Crippen LogP contribution in [-0.2, 0) is 22.4 Å². The van der Waals surface area contributed by atoms with Crippen molar-refractivity contribution in [2.45, 2.75) is 18.9 Å². The number of carbonyl (C=O) groups is 2. The van der Waals surface area contributed by atoms with E-state index >= 15 is 0 Å². The molecule has 1 heterocycles. The molecule has 34 heavy (non-hydrogen) atoms. The van der Waals surface area contributed by atoms with Crippen molar-refractivity contribution in [3.63, 3.8) is 0 Å². The molecule has 1 fully saturated rings. The van der Waals surface area contributed by atoms with Crippen LogP contribution >= 0.6 is 47.2 Å². The van der Waals surface area contributed by atoms with Crippen LogP contribution in [0.1, 0.15) is 22.3 Å². The van der Waals surface area contributed by atoms with Crippen LogP contribution in [0.3, 0.4) is 0 Å². The molecule has 3 aromatic carbocycles. The number of hydrogen-bond acceptors (Lipinski definition) is 4. The fraction of sp³-hybridized carbons (Fsp3) is 0.115. The normalized spacial score (nSPS) is 15.7. The number of nitrogens with zero attached hydrogens (tertiary/aromatic N) is 1. The zero-order valence-corrected chi connectivity index (χ0v) is 20.9. The molecule has 1 N–H and O–H groups in total. The molecule has 8 heteroatoms. The number of amides is 1. The highest BCUT2D eigenvalue weighted by Crippen LogP contribution is 2.35. The topological polar surface area (TPSA) is 57.6 Å². The molecule has 0 aliphatic carbocycles. The van der Waals surface area contributed by atoms with E-state index in [0.717, 1.165) is 34.0 Å². The summed E-state index contributed by atoms with van der Waals surface area (Å²) in [6.45, 7) is 0. The number of aliphatic carboxylic acids is 1. The van der Waals surface area contributed by atoms with E-state index in [1.807, 2.05) is 66.7 Å². The van der Waals surface area contributed by atoms with Crippen LogP contribution in [0.5, 0.6) is 0 Å². The van der Waals surface area contributed by atoms with Crippen molar-refractivity contribution in [2.75, 3.05) is 0 Å². The molecule has 172 valence electrons. The summed E-state index contributed by atoms with van der Waals surface area (Å²) in [5, 5.41) is 10.8. The molecule has 0 spiro atoms. The number of halogens is 2. The third-order valence-corrected chi connectivity index (χ3v) is 7.40. The summed E-state index contributed by atoms with van der Waals surface area (Å²) in [4.78, 5) is 26.8. The summed E-state index contributed by atoms with van der Waals surface area (Å²) in [6.07, 6.45) is 2.58. The minimum absolute atomic E-state index is 0.176. The SMILES string of the molecule is O=C(O)[C@H](Cc1ccccc1)N1C(=O)/C(=C/c2cccc(Cc3ccc(Cl)c(Cl)c3)c2)SC1=S. The number of benzene rings is 3. The van der Waals surface area contributed by atoms with Gasteiger partial charge in [0.1, 0.15) is 10.4 Å². The summed E-state index contributed by atoms with van der Waals surface area (Å²) in [5.74, 6) is -1.49. The number of thiocarbonyl (C=S) groups is 1. The van der Waals surface area contributed by atoms with E-state index in [4.69, 9.17) is 35.4 Å². The predicted molar refractivity (Wildman–Crippen MR) is 142 cm³/mol. The van der Waals surface area contributed by atoms with Gasteiger partial charge in [0, 0.05) is 6.42 Å². The fourth-order valence-electron chi connectivity index (χ4n) is 3.70. The van der Waals surface area contributed by atoms with E-state index in [1.165, 1.54) is 4.90 Å². The Bertz CT molecular complexity index is 1290. The minimum atomic E-state index is -1.09. The zero-order valence-electron chi connectivity index (χ0n) is 17.8. The van der Waals surface area contributed by atoms with Crippen molar-refractivity contribution in [3.8, 4) is 0 Å². The van der Waals surface area contributed by atoms with Crippen molar-refractivity contribution in [2.24, 2.45) is 0 Å². The second kappa shape index (κ2) is 10.7. The number of hydrogen-bond donors (Lipinski definition) is 1. The van der Waals surface area contributed by atoms with E-state index in [0.29, 0.717) is 21.4 Å². The second-order valence-electron chi connectivity index (χ2n) is 7.77. The van der Waals surface area contributed by atoms with Crippen LogP contribution in [0.2, 0.25) is 10.0 Å². The molecule has 1 aliphatic rings. The van der Waals surface area contributed by atoms with Gasteiger partial charge in [-0.2, -0.15) is 0 Å². The first kappa shape index (κ1) is 24.5. The van der Waals surface area contributed by atoms with Crippen LogP contribution < -0.4 is 0 Å². The van der Waals surface area contributed by atoms with Crippen molar-refractivity contribution in [1.82, 2.24) is 4.90 Å². The average Bonchev–Trinajstić information content (AvgIpc) is 3.08. The third-order valence-electron chi connectivity index (χ3n) is 5.33. The van der Waals surface area contributed by atoms with Crippen LogP contribution in [0.15, 0.2) is 77.7 Å². The highest BCUT2D eigenvalue weighted by Gasteiger charge is 2.40. The van der Waals surface area contributed by atoms with Gasteiger partial charge in [0.2, 0.25) is 0 Å². The maximum atomic E-state index is 13.2. The lowest BCUT2D eigenvalue weighted by molar-refractivity contribution is -0.145. The van der Waals surface area contributed by atoms with Crippen molar-refractivity contribution in [1.29, 1.82) is 0 Å². The smallest absolute Gasteiger partial charge is 0.327 e. The highest BCUT2D eigenvalue weighted by atomic mass is 35.5. The fourth-order valence-corrected chi connectivity index (χ4v) is 5.38. The number of carbonyl (C=O) groups excluding carboxylic acids is 1. The van der Waals surface area contributed by atoms with Gasteiger partial charge in [-0.25, -0.2) is 4.79 Å². The first-order valence-electron chi connectivity index (χ1n) is 10.4. The number of thioether (sulfide) groups is 1. The van der Waals surface area contributed by atoms with Crippen LogP contribution in [0, 0.1) is 0 Å². The molecule has 4 nitrogen and oxygen atoms in total. The van der Waals surface area contributed by atoms with Gasteiger partial charge in [0.05, 0.1) is 15.0 Å². The van der Waals surface area contributed by atoms with Crippen LogP contribution in [0.4, 0.5) is 0 Å². The predicted octanol–water partition coefficient (Wildman–Crippen LogP) is 6.48. The molecule has 1 saturated heterocycles. The van der Waals surface area contributed by atoms with Crippen molar-refractivity contribution >= 4 is 69.5 Å². The van der Waals surface area contributed by atoms with Crippen molar-refractivity contribution < 1.29 is 14.7 Å². The van der Waals surface area contributed by atoms with Gasteiger partial charge < -0.3 is 5.11 Å². The van der Waals surface area contributed by atoms with E-state index in [1.54, 1.807) is 12.1 Å². The molecular formula is C26H19Cl2NO3S2. The Balaban J connectivity index is 1.55. The molecule has 1 aliphatic heterocycles. The monoisotopic (exact) mass is 527 g/mol. The average molecular weight is 528 g/mol. The Kier molecular flexibility index (Phi) is 7.73. The van der Waals surface area contributed by atoms with E-state index < -0.39 is 17.9 Å². The molecule has 0 radical (unpaired) electrons. The Morgan fingerprint density at radius 2 is 1.68 bits per heavy atom. The number of rotatable bonds is 7. The lowest BCUT2D eigenvalue weighted by Crippen LogP contribution is -2.45. The molecule has 3 aromatic rings. The summed E-state index contributed by atoms with van der Waals surface area (Å²) in [5.41, 5.74) is 3.70.